The zero-order chi connectivity index (χ0) is 15.8. The molecule has 7 heteroatoms. The summed E-state index contributed by atoms with van der Waals surface area (Å²) in [7, 11) is 1.27. The zero-order valence-corrected chi connectivity index (χ0v) is 12.3. The average Bonchev–Trinajstić information content (AvgIpc) is 2.29. The molecule has 0 aromatic carbocycles. The predicted molar refractivity (Wildman–Crippen MR) is 72.7 cm³/mol. The number of ether oxygens (including phenoxy) is 2. The maximum absolute atomic E-state index is 11.5. The van der Waals surface area contributed by atoms with Crippen LogP contribution in [0.4, 0.5) is 4.79 Å². The minimum absolute atomic E-state index is 0.266. The van der Waals surface area contributed by atoms with Crippen LogP contribution in [0.25, 0.3) is 0 Å². The first-order valence-corrected chi connectivity index (χ1v) is 6.19. The molecular weight excluding hydrogens is 264 g/mol. The van der Waals surface area contributed by atoms with Crippen LogP contribution < -0.4 is 11.1 Å². The molecule has 0 saturated heterocycles. The first-order chi connectivity index (χ1) is 9.15. The summed E-state index contributed by atoms with van der Waals surface area (Å²) in [4.78, 5) is 33.6. The quantitative estimate of drug-likeness (QED) is 0.556. The van der Waals surface area contributed by atoms with Crippen molar-refractivity contribution in [2.24, 2.45) is 5.73 Å². The number of methoxy groups -OCH3 is 1. The van der Waals surface area contributed by atoms with Crippen LogP contribution in [0.3, 0.4) is 0 Å². The number of carbonyl (C=O) groups is 3. The van der Waals surface area contributed by atoms with Crippen LogP contribution in [-0.4, -0.2) is 36.7 Å². The second-order valence-corrected chi connectivity index (χ2v) is 5.10. The second kappa shape index (κ2) is 8.19. The lowest BCUT2D eigenvalue weighted by Crippen LogP contribution is -2.46. The fourth-order valence-corrected chi connectivity index (χ4v) is 1.25. The number of rotatable bonds is 6. The molecule has 7 nitrogen and oxygen atoms in total. The Morgan fingerprint density at radius 3 is 2.35 bits per heavy atom. The number of hydrogen-bond donors (Lipinski definition) is 2. The summed E-state index contributed by atoms with van der Waals surface area (Å²) in [5.41, 5.74) is 4.54. The monoisotopic (exact) mass is 286 g/mol. The van der Waals surface area contributed by atoms with E-state index >= 15 is 0 Å². The summed E-state index contributed by atoms with van der Waals surface area (Å²) in [6.45, 7) is 5.14. The van der Waals surface area contributed by atoms with E-state index < -0.39 is 29.6 Å². The van der Waals surface area contributed by atoms with E-state index in [-0.39, 0.29) is 6.42 Å². The third kappa shape index (κ3) is 8.96. The Kier molecular flexibility index (Phi) is 7.35. The second-order valence-electron chi connectivity index (χ2n) is 5.10. The van der Waals surface area contributed by atoms with E-state index in [1.165, 1.54) is 13.2 Å². The van der Waals surface area contributed by atoms with Crippen molar-refractivity contribution < 1.29 is 23.9 Å². The molecule has 0 aliphatic rings. The van der Waals surface area contributed by atoms with Gasteiger partial charge in [-0.15, -0.1) is 0 Å². The van der Waals surface area contributed by atoms with E-state index in [1.54, 1.807) is 26.8 Å². The molecule has 0 aliphatic heterocycles. The van der Waals surface area contributed by atoms with Crippen LogP contribution in [-0.2, 0) is 19.1 Å². The van der Waals surface area contributed by atoms with Gasteiger partial charge in [-0.05, 0) is 33.6 Å². The van der Waals surface area contributed by atoms with Crippen molar-refractivity contribution in [1.82, 2.24) is 5.32 Å². The SMILES string of the molecule is COC(=O)C=CCCC(NC(=O)OC(C)(C)C)C(N)=O. The Hall–Kier alpha value is -2.05. The highest BCUT2D eigenvalue weighted by Crippen LogP contribution is 2.07. The summed E-state index contributed by atoms with van der Waals surface area (Å²) in [5, 5.41) is 2.39. The van der Waals surface area contributed by atoms with Crippen LogP contribution in [0.5, 0.6) is 0 Å². The fraction of sp³-hybridized carbons (Fsp3) is 0.615. The van der Waals surface area contributed by atoms with Gasteiger partial charge in [-0.3, -0.25) is 4.79 Å². The number of esters is 1. The van der Waals surface area contributed by atoms with E-state index in [1.807, 2.05) is 0 Å². The van der Waals surface area contributed by atoms with Crippen LogP contribution in [0.1, 0.15) is 33.6 Å². The van der Waals surface area contributed by atoms with Crippen molar-refractivity contribution in [2.45, 2.75) is 45.3 Å². The van der Waals surface area contributed by atoms with Crippen LogP contribution in [0.2, 0.25) is 0 Å². The number of amides is 2. The Morgan fingerprint density at radius 2 is 1.90 bits per heavy atom. The Labute approximate surface area is 118 Å². The molecule has 1 unspecified atom stereocenters. The van der Waals surface area contributed by atoms with Gasteiger partial charge in [0.2, 0.25) is 5.91 Å². The summed E-state index contributed by atoms with van der Waals surface area (Å²) in [6.07, 6.45) is 2.73. The van der Waals surface area contributed by atoms with Gasteiger partial charge in [0.05, 0.1) is 7.11 Å². The van der Waals surface area contributed by atoms with Gasteiger partial charge in [-0.2, -0.15) is 0 Å². The van der Waals surface area contributed by atoms with Gasteiger partial charge in [-0.25, -0.2) is 9.59 Å². The van der Waals surface area contributed by atoms with Crippen LogP contribution >= 0.6 is 0 Å². The highest BCUT2D eigenvalue weighted by molar-refractivity contribution is 5.84. The molecule has 0 aromatic heterocycles. The number of hydrogen-bond acceptors (Lipinski definition) is 5. The number of carbonyl (C=O) groups excluding carboxylic acids is 3. The molecule has 20 heavy (non-hydrogen) atoms. The largest absolute Gasteiger partial charge is 0.466 e. The van der Waals surface area contributed by atoms with E-state index in [2.05, 4.69) is 10.1 Å². The molecule has 2 amide bonds. The molecule has 0 fully saturated rings. The maximum atomic E-state index is 11.5. The first-order valence-electron chi connectivity index (χ1n) is 6.19. The Morgan fingerprint density at radius 1 is 1.30 bits per heavy atom. The number of primary amides is 1. The average molecular weight is 286 g/mol. The standard InChI is InChI=1S/C13H22N2O5/c1-13(2,3)20-12(18)15-9(11(14)17)7-5-6-8-10(16)19-4/h6,8-9H,5,7H2,1-4H3,(H2,14,17)(H,15,18). The number of nitrogens with one attached hydrogen (secondary N) is 1. The molecule has 0 aliphatic carbocycles. The lowest BCUT2D eigenvalue weighted by atomic mass is 10.1. The van der Waals surface area contributed by atoms with Crippen molar-refractivity contribution >= 4 is 18.0 Å². The van der Waals surface area contributed by atoms with Crippen molar-refractivity contribution in [2.75, 3.05) is 7.11 Å². The molecule has 0 aromatic rings. The van der Waals surface area contributed by atoms with Gasteiger partial charge in [0.15, 0.2) is 0 Å². The van der Waals surface area contributed by atoms with Gasteiger partial charge in [0, 0.05) is 6.08 Å². The fourth-order valence-electron chi connectivity index (χ4n) is 1.25. The Bertz CT molecular complexity index is 385. The highest BCUT2D eigenvalue weighted by Gasteiger charge is 2.21. The van der Waals surface area contributed by atoms with Gasteiger partial charge >= 0.3 is 12.1 Å². The van der Waals surface area contributed by atoms with Crippen molar-refractivity contribution in [3.8, 4) is 0 Å². The third-order valence-electron chi connectivity index (χ3n) is 2.11. The van der Waals surface area contributed by atoms with E-state index in [9.17, 15) is 14.4 Å². The lowest BCUT2D eigenvalue weighted by Gasteiger charge is -2.22. The van der Waals surface area contributed by atoms with Crippen molar-refractivity contribution in [1.29, 1.82) is 0 Å². The molecule has 0 rings (SSSR count). The molecule has 1 atom stereocenters. The molecule has 0 saturated carbocycles. The molecule has 0 spiro atoms. The summed E-state index contributed by atoms with van der Waals surface area (Å²) < 4.78 is 9.45. The normalized spacial score (nSPS) is 12.8. The van der Waals surface area contributed by atoms with Crippen LogP contribution in [0.15, 0.2) is 12.2 Å². The lowest BCUT2D eigenvalue weighted by molar-refractivity contribution is -0.134. The molecular formula is C13H22N2O5. The molecule has 0 bridgehead atoms. The van der Waals surface area contributed by atoms with Crippen molar-refractivity contribution in [3.63, 3.8) is 0 Å². The number of alkyl carbamates (subject to hydrolysis) is 1. The summed E-state index contributed by atoms with van der Waals surface area (Å²) in [5.74, 6) is -1.15. The minimum atomic E-state index is -0.854. The Balaban J connectivity index is 4.31. The van der Waals surface area contributed by atoms with Crippen molar-refractivity contribution in [3.05, 3.63) is 12.2 Å². The molecule has 0 heterocycles. The maximum Gasteiger partial charge on any atom is 0.408 e. The molecule has 3 N–H and O–H groups in total. The predicted octanol–water partition coefficient (Wildman–Crippen LogP) is 0.874. The summed E-state index contributed by atoms with van der Waals surface area (Å²) >= 11 is 0. The minimum Gasteiger partial charge on any atom is -0.466 e. The summed E-state index contributed by atoms with van der Waals surface area (Å²) in [6, 6.07) is -0.854. The van der Waals surface area contributed by atoms with E-state index in [0.29, 0.717) is 6.42 Å². The molecule has 0 radical (unpaired) electrons. The van der Waals surface area contributed by atoms with Gasteiger partial charge in [-0.1, -0.05) is 6.08 Å². The smallest absolute Gasteiger partial charge is 0.408 e. The number of nitrogens with two attached hydrogens (primary N) is 1. The van der Waals surface area contributed by atoms with Crippen LogP contribution in [0, 0.1) is 0 Å². The molecule has 114 valence electrons. The highest BCUT2D eigenvalue weighted by atomic mass is 16.6. The topological polar surface area (TPSA) is 108 Å². The zero-order valence-electron chi connectivity index (χ0n) is 12.3. The number of allylic oxidation sites excluding steroid dienone is 1. The van der Waals surface area contributed by atoms with Gasteiger partial charge < -0.3 is 20.5 Å². The first kappa shape index (κ1) is 17.9. The van der Waals surface area contributed by atoms with E-state index in [0.717, 1.165) is 0 Å². The van der Waals surface area contributed by atoms with E-state index in [4.69, 9.17) is 10.5 Å². The van der Waals surface area contributed by atoms with Gasteiger partial charge in [0.1, 0.15) is 11.6 Å². The van der Waals surface area contributed by atoms with Gasteiger partial charge in [0.25, 0.3) is 0 Å². The third-order valence-corrected chi connectivity index (χ3v) is 2.11.